The largest absolute Gasteiger partial charge is 0.391 e. The monoisotopic (exact) mass is 429 g/mol. The fraction of sp³-hybridized carbons (Fsp3) is 0.500. The third kappa shape index (κ3) is 5.09. The van der Waals surface area contributed by atoms with Crippen molar-refractivity contribution in [1.82, 2.24) is 4.72 Å². The van der Waals surface area contributed by atoms with Gasteiger partial charge in [-0.05, 0) is 47.0 Å². The highest BCUT2D eigenvalue weighted by Crippen LogP contribution is 2.28. The van der Waals surface area contributed by atoms with E-state index < -0.39 is 16.1 Å². The number of halogens is 2. The number of ether oxygens (including phenoxy) is 1. The van der Waals surface area contributed by atoms with E-state index >= 15 is 0 Å². The van der Waals surface area contributed by atoms with Crippen molar-refractivity contribution in [2.24, 2.45) is 0 Å². The van der Waals surface area contributed by atoms with Crippen molar-refractivity contribution in [3.63, 3.8) is 0 Å². The lowest BCUT2D eigenvalue weighted by Crippen LogP contribution is -2.29. The van der Waals surface area contributed by atoms with Crippen molar-refractivity contribution < 1.29 is 18.3 Å². The van der Waals surface area contributed by atoms with Crippen molar-refractivity contribution in [3.05, 3.63) is 26.6 Å². The molecule has 20 heavy (non-hydrogen) atoms. The van der Waals surface area contributed by atoms with Crippen LogP contribution in [0.25, 0.3) is 0 Å². The molecule has 2 N–H and O–H groups in total. The maximum Gasteiger partial charge on any atom is 0.241 e. The first-order valence-corrected chi connectivity index (χ1v) is 8.97. The van der Waals surface area contributed by atoms with Crippen LogP contribution in [0.3, 0.4) is 0 Å². The second kappa shape index (κ2) is 7.86. The number of aliphatic hydroxyl groups excluding tert-OH is 1. The van der Waals surface area contributed by atoms with Crippen molar-refractivity contribution in [2.75, 3.05) is 20.3 Å². The van der Waals surface area contributed by atoms with Gasteiger partial charge >= 0.3 is 0 Å². The van der Waals surface area contributed by atoms with Crippen LogP contribution < -0.4 is 4.72 Å². The van der Waals surface area contributed by atoms with Crippen LogP contribution >= 0.6 is 31.9 Å². The Bertz CT molecular complexity index is 563. The maximum atomic E-state index is 12.2. The molecule has 0 aliphatic rings. The van der Waals surface area contributed by atoms with Crippen LogP contribution in [0.1, 0.15) is 12.0 Å². The number of nitrogens with one attached hydrogen (secondary N) is 1. The van der Waals surface area contributed by atoms with Gasteiger partial charge in [-0.15, -0.1) is 0 Å². The molecular formula is C12H17Br2NO4S. The molecule has 1 aromatic rings. The Morgan fingerprint density at radius 2 is 2.00 bits per heavy atom. The van der Waals surface area contributed by atoms with E-state index in [1.54, 1.807) is 12.1 Å². The van der Waals surface area contributed by atoms with Gasteiger partial charge in [-0.2, -0.15) is 0 Å². The molecule has 1 rings (SSSR count). The molecule has 5 nitrogen and oxygen atoms in total. The first-order chi connectivity index (χ1) is 9.27. The number of rotatable bonds is 7. The van der Waals surface area contributed by atoms with Gasteiger partial charge in [0.15, 0.2) is 0 Å². The number of sulfonamides is 1. The van der Waals surface area contributed by atoms with E-state index in [-0.39, 0.29) is 24.5 Å². The molecule has 0 aromatic heterocycles. The summed E-state index contributed by atoms with van der Waals surface area (Å²) < 4.78 is 32.8. The van der Waals surface area contributed by atoms with E-state index in [1.807, 2.05) is 6.92 Å². The van der Waals surface area contributed by atoms with Gasteiger partial charge in [0.05, 0.1) is 17.6 Å². The van der Waals surface area contributed by atoms with Crippen LogP contribution in [-0.4, -0.2) is 39.9 Å². The van der Waals surface area contributed by atoms with Crippen molar-refractivity contribution in [1.29, 1.82) is 0 Å². The van der Waals surface area contributed by atoms with Crippen molar-refractivity contribution in [2.45, 2.75) is 24.3 Å². The third-order valence-electron chi connectivity index (χ3n) is 2.63. The van der Waals surface area contributed by atoms with Crippen LogP contribution in [0.15, 0.2) is 26.0 Å². The second-order valence-electron chi connectivity index (χ2n) is 4.33. The fourth-order valence-corrected chi connectivity index (χ4v) is 4.27. The van der Waals surface area contributed by atoms with Gasteiger partial charge in [0.1, 0.15) is 0 Å². The van der Waals surface area contributed by atoms with E-state index in [1.165, 1.54) is 7.11 Å². The fourth-order valence-electron chi connectivity index (χ4n) is 1.55. The molecule has 0 saturated heterocycles. The van der Waals surface area contributed by atoms with Gasteiger partial charge in [-0.1, -0.05) is 15.9 Å². The van der Waals surface area contributed by atoms with E-state index in [0.717, 1.165) is 10.0 Å². The molecule has 0 radical (unpaired) electrons. The highest BCUT2D eigenvalue weighted by molar-refractivity contribution is 9.11. The van der Waals surface area contributed by atoms with Gasteiger partial charge in [0.2, 0.25) is 10.0 Å². The minimum Gasteiger partial charge on any atom is -0.391 e. The highest BCUT2D eigenvalue weighted by atomic mass is 79.9. The zero-order chi connectivity index (χ0) is 15.3. The predicted octanol–water partition coefficient (Wildman–Crippen LogP) is 2.20. The Morgan fingerprint density at radius 1 is 1.35 bits per heavy atom. The van der Waals surface area contributed by atoms with Crippen LogP contribution in [0.4, 0.5) is 0 Å². The Labute approximate surface area is 136 Å². The number of hydrogen-bond donors (Lipinski definition) is 2. The summed E-state index contributed by atoms with van der Waals surface area (Å²) in [5, 5.41) is 9.48. The molecule has 1 unspecified atom stereocenters. The highest BCUT2D eigenvalue weighted by Gasteiger charge is 2.19. The molecule has 0 spiro atoms. The minimum absolute atomic E-state index is 0.144. The zero-order valence-corrected chi connectivity index (χ0v) is 15.2. The summed E-state index contributed by atoms with van der Waals surface area (Å²) in [5.74, 6) is 0. The molecule has 0 aliphatic carbocycles. The molecule has 0 bridgehead atoms. The topological polar surface area (TPSA) is 75.6 Å². The molecule has 0 fully saturated rings. The lowest BCUT2D eigenvalue weighted by Gasteiger charge is -2.12. The molecule has 0 aliphatic heterocycles. The summed E-state index contributed by atoms with van der Waals surface area (Å²) in [5.41, 5.74) is 0.936. The molecule has 0 saturated carbocycles. The van der Waals surface area contributed by atoms with Gasteiger partial charge in [-0.25, -0.2) is 13.1 Å². The van der Waals surface area contributed by atoms with E-state index in [2.05, 4.69) is 36.6 Å². The average molecular weight is 431 g/mol. The van der Waals surface area contributed by atoms with Gasteiger partial charge in [0.25, 0.3) is 0 Å². The third-order valence-corrected chi connectivity index (χ3v) is 5.91. The Balaban J connectivity index is 2.77. The SMILES string of the molecule is COCC(O)CCNS(=O)(=O)c1cc(Br)c(C)cc1Br. The summed E-state index contributed by atoms with van der Waals surface area (Å²) in [6.07, 6.45) is -0.395. The average Bonchev–Trinajstić information content (AvgIpc) is 2.33. The number of benzene rings is 1. The van der Waals surface area contributed by atoms with Crippen LogP contribution in [0.5, 0.6) is 0 Å². The molecule has 1 atom stereocenters. The Morgan fingerprint density at radius 3 is 2.60 bits per heavy atom. The lowest BCUT2D eigenvalue weighted by atomic mass is 10.2. The maximum absolute atomic E-state index is 12.2. The number of aliphatic hydroxyl groups is 1. The van der Waals surface area contributed by atoms with Crippen LogP contribution in [0, 0.1) is 6.92 Å². The number of methoxy groups -OCH3 is 1. The van der Waals surface area contributed by atoms with E-state index in [0.29, 0.717) is 4.47 Å². The van der Waals surface area contributed by atoms with Gasteiger partial charge in [-0.3, -0.25) is 0 Å². The lowest BCUT2D eigenvalue weighted by molar-refractivity contribution is 0.0603. The Kier molecular flexibility index (Phi) is 7.10. The quantitative estimate of drug-likeness (QED) is 0.695. The Hall–Kier alpha value is 0.01000. The van der Waals surface area contributed by atoms with Crippen LogP contribution in [0.2, 0.25) is 0 Å². The zero-order valence-electron chi connectivity index (χ0n) is 11.2. The van der Waals surface area contributed by atoms with E-state index in [9.17, 15) is 13.5 Å². The molecule has 8 heteroatoms. The van der Waals surface area contributed by atoms with E-state index in [4.69, 9.17) is 4.74 Å². The summed E-state index contributed by atoms with van der Waals surface area (Å²) in [6, 6.07) is 3.28. The van der Waals surface area contributed by atoms with Crippen molar-refractivity contribution >= 4 is 41.9 Å². The predicted molar refractivity (Wildman–Crippen MR) is 84.3 cm³/mol. The number of aryl methyl sites for hydroxylation is 1. The molecular weight excluding hydrogens is 414 g/mol. The van der Waals surface area contributed by atoms with Crippen molar-refractivity contribution in [3.8, 4) is 0 Å². The summed E-state index contributed by atoms with van der Waals surface area (Å²) in [6.45, 7) is 2.20. The second-order valence-corrected chi connectivity index (χ2v) is 7.77. The molecule has 114 valence electrons. The summed E-state index contributed by atoms with van der Waals surface area (Å²) >= 11 is 6.57. The summed E-state index contributed by atoms with van der Waals surface area (Å²) in [7, 11) is -2.14. The number of hydrogen-bond acceptors (Lipinski definition) is 4. The smallest absolute Gasteiger partial charge is 0.241 e. The van der Waals surface area contributed by atoms with Crippen LogP contribution in [-0.2, 0) is 14.8 Å². The minimum atomic E-state index is -3.62. The first-order valence-electron chi connectivity index (χ1n) is 5.90. The van der Waals surface area contributed by atoms with Gasteiger partial charge in [0, 0.05) is 22.6 Å². The molecule has 0 heterocycles. The first kappa shape index (κ1) is 18.1. The standard InChI is InChI=1S/C12H17Br2NO4S/c1-8-5-11(14)12(6-10(8)13)20(17,18)15-4-3-9(16)7-19-2/h5-6,9,15-16H,3-4,7H2,1-2H3. The van der Waals surface area contributed by atoms with Gasteiger partial charge < -0.3 is 9.84 Å². The molecule has 0 amide bonds. The summed E-state index contributed by atoms with van der Waals surface area (Å²) in [4.78, 5) is 0.163. The molecule has 1 aromatic carbocycles. The normalized spacial score (nSPS) is 13.4.